The van der Waals surface area contributed by atoms with Gasteiger partial charge in [-0.25, -0.2) is 0 Å². The van der Waals surface area contributed by atoms with E-state index >= 15 is 0 Å². The van der Waals surface area contributed by atoms with Crippen molar-refractivity contribution in [3.05, 3.63) is 50.6 Å². The quantitative estimate of drug-likeness (QED) is 0.261. The molecule has 0 aromatic carbocycles. The Kier molecular flexibility index (Phi) is 15.6. The van der Waals surface area contributed by atoms with Crippen LogP contribution in [0.5, 0.6) is 0 Å². The van der Waals surface area contributed by atoms with Gasteiger partial charge in [0.05, 0.1) is 0 Å². The van der Waals surface area contributed by atoms with Crippen molar-refractivity contribution in [2.75, 3.05) is 13.1 Å². The van der Waals surface area contributed by atoms with Crippen molar-refractivity contribution in [2.45, 2.75) is 64.2 Å². The van der Waals surface area contributed by atoms with E-state index in [9.17, 15) is 19.2 Å². The Bertz CT molecular complexity index is 531. The third kappa shape index (κ3) is 11.3. The first-order chi connectivity index (χ1) is 14.4. The summed E-state index contributed by atoms with van der Waals surface area (Å²) in [5.41, 5.74) is 0. The zero-order valence-electron chi connectivity index (χ0n) is 18.2. The Hall–Kier alpha value is -2.76. The van der Waals surface area contributed by atoms with Crippen LogP contribution < -0.4 is 0 Å². The van der Waals surface area contributed by atoms with Crippen molar-refractivity contribution < 1.29 is 19.2 Å². The highest BCUT2D eigenvalue weighted by atomic mass is 16.2. The second kappa shape index (κ2) is 17.1. The zero-order chi connectivity index (χ0) is 22.8. The average Bonchev–Trinajstić information content (AvgIpc) is 2.77. The summed E-state index contributed by atoms with van der Waals surface area (Å²) in [6.07, 6.45) is 14.8. The molecule has 0 aromatic heterocycles. The summed E-state index contributed by atoms with van der Waals surface area (Å²) in [6, 6.07) is 0. The number of nitrogens with zero attached hydrogens (tertiary/aromatic N) is 2. The summed E-state index contributed by atoms with van der Waals surface area (Å²) in [5.74, 6) is -1.53. The number of hydrogen-bond acceptors (Lipinski definition) is 4. The number of imide groups is 2. The minimum absolute atomic E-state index is 0.384. The van der Waals surface area contributed by atoms with Gasteiger partial charge in [0.25, 0.3) is 23.6 Å². The average molecular weight is 417 g/mol. The van der Waals surface area contributed by atoms with Crippen LogP contribution in [0.25, 0.3) is 0 Å². The van der Waals surface area contributed by atoms with Gasteiger partial charge in [-0.05, 0) is 37.1 Å². The summed E-state index contributed by atoms with van der Waals surface area (Å²) in [4.78, 5) is 49.0. The largest absolute Gasteiger partial charge is 0.275 e. The van der Waals surface area contributed by atoms with Crippen molar-refractivity contribution in [3.63, 3.8) is 0 Å². The molecule has 0 fully saturated rings. The highest BCUT2D eigenvalue weighted by Crippen LogP contribution is 2.12. The Morgan fingerprint density at radius 1 is 0.433 bits per heavy atom. The predicted molar refractivity (Wildman–Crippen MR) is 120 cm³/mol. The van der Waals surface area contributed by atoms with Crippen LogP contribution in [0.4, 0.5) is 0 Å². The van der Waals surface area contributed by atoms with E-state index in [0.717, 1.165) is 88.5 Å². The van der Waals surface area contributed by atoms with E-state index < -0.39 is 0 Å². The Morgan fingerprint density at radius 2 is 0.633 bits per heavy atom. The predicted octanol–water partition coefficient (Wildman–Crippen LogP) is 4.34. The Balaban J connectivity index is 3.77. The number of hydrogen-bond donors (Lipinski definition) is 0. The van der Waals surface area contributed by atoms with Gasteiger partial charge in [0.15, 0.2) is 0 Å². The van der Waals surface area contributed by atoms with Crippen LogP contribution in [0.1, 0.15) is 64.2 Å². The molecule has 0 saturated heterocycles. The summed E-state index contributed by atoms with van der Waals surface area (Å²) in [7, 11) is 0. The van der Waals surface area contributed by atoms with Gasteiger partial charge in [-0.3, -0.25) is 29.0 Å². The van der Waals surface area contributed by atoms with Gasteiger partial charge in [-0.15, -0.1) is 0 Å². The van der Waals surface area contributed by atoms with Gasteiger partial charge in [0, 0.05) is 13.1 Å². The molecule has 6 heteroatoms. The normalized spacial score (nSPS) is 10.0. The number of amides is 4. The fraction of sp³-hybridized carbons (Fsp3) is 0.500. The molecular formula is C24H36N2O4. The lowest BCUT2D eigenvalue weighted by Gasteiger charge is -2.17. The highest BCUT2D eigenvalue weighted by Gasteiger charge is 2.16. The van der Waals surface area contributed by atoms with E-state index in [2.05, 4.69) is 26.3 Å². The second-order valence-corrected chi connectivity index (χ2v) is 7.01. The molecule has 0 N–H and O–H groups in total. The van der Waals surface area contributed by atoms with E-state index in [1.54, 1.807) is 0 Å². The lowest BCUT2D eigenvalue weighted by atomic mass is 10.1. The van der Waals surface area contributed by atoms with Gasteiger partial charge in [-0.2, -0.15) is 0 Å². The van der Waals surface area contributed by atoms with Gasteiger partial charge in [0.1, 0.15) is 0 Å². The fourth-order valence-corrected chi connectivity index (χ4v) is 3.05. The van der Waals surface area contributed by atoms with Crippen LogP contribution in [0.2, 0.25) is 0 Å². The molecule has 0 atom stereocenters. The zero-order valence-corrected chi connectivity index (χ0v) is 18.2. The monoisotopic (exact) mass is 416 g/mol. The van der Waals surface area contributed by atoms with Crippen LogP contribution in [0, 0.1) is 0 Å². The van der Waals surface area contributed by atoms with Gasteiger partial charge in [0.2, 0.25) is 0 Å². The van der Waals surface area contributed by atoms with Crippen LogP contribution >= 0.6 is 0 Å². The molecule has 0 rings (SSSR count). The molecule has 0 saturated carbocycles. The number of carbonyl (C=O) groups excluding carboxylic acids is 4. The van der Waals surface area contributed by atoms with Gasteiger partial charge >= 0.3 is 0 Å². The molecule has 0 aliphatic heterocycles. The maximum absolute atomic E-state index is 11.7. The van der Waals surface area contributed by atoms with E-state index in [1.165, 1.54) is 9.80 Å². The van der Waals surface area contributed by atoms with E-state index in [4.69, 9.17) is 0 Å². The molecule has 30 heavy (non-hydrogen) atoms. The first kappa shape index (κ1) is 27.2. The van der Waals surface area contributed by atoms with Crippen LogP contribution in [-0.4, -0.2) is 46.5 Å². The van der Waals surface area contributed by atoms with Crippen molar-refractivity contribution in [3.8, 4) is 0 Å². The molecule has 166 valence electrons. The molecule has 0 radical (unpaired) electrons. The summed E-state index contributed by atoms with van der Waals surface area (Å²) >= 11 is 0. The minimum atomic E-state index is -0.384. The van der Waals surface area contributed by atoms with Crippen LogP contribution in [0.3, 0.4) is 0 Å². The maximum Gasteiger partial charge on any atom is 0.252 e. The molecule has 4 amide bonds. The highest BCUT2D eigenvalue weighted by molar-refractivity contribution is 6.05. The van der Waals surface area contributed by atoms with E-state index in [1.807, 2.05) is 0 Å². The third-order valence-electron chi connectivity index (χ3n) is 4.78. The first-order valence-corrected chi connectivity index (χ1v) is 10.6. The summed E-state index contributed by atoms with van der Waals surface area (Å²) < 4.78 is 0. The van der Waals surface area contributed by atoms with Crippen LogP contribution in [-0.2, 0) is 19.2 Å². The molecule has 0 aliphatic carbocycles. The number of carbonyl (C=O) groups is 4. The van der Waals surface area contributed by atoms with Crippen molar-refractivity contribution in [1.82, 2.24) is 9.80 Å². The van der Waals surface area contributed by atoms with Gasteiger partial charge < -0.3 is 0 Å². The molecule has 0 bridgehead atoms. The molecular weight excluding hydrogens is 380 g/mol. The molecule has 0 spiro atoms. The second-order valence-electron chi connectivity index (χ2n) is 7.01. The molecule has 6 nitrogen and oxygen atoms in total. The maximum atomic E-state index is 11.7. The minimum Gasteiger partial charge on any atom is -0.275 e. The first-order valence-electron chi connectivity index (χ1n) is 10.6. The number of unbranched alkanes of at least 4 members (excludes halogenated alkanes) is 9. The summed E-state index contributed by atoms with van der Waals surface area (Å²) in [5, 5.41) is 0. The van der Waals surface area contributed by atoms with E-state index in [0.29, 0.717) is 13.1 Å². The molecule has 0 aliphatic rings. The number of rotatable bonds is 17. The van der Waals surface area contributed by atoms with E-state index in [-0.39, 0.29) is 23.6 Å². The topological polar surface area (TPSA) is 74.8 Å². The third-order valence-corrected chi connectivity index (χ3v) is 4.78. The Morgan fingerprint density at radius 3 is 0.833 bits per heavy atom. The smallest absolute Gasteiger partial charge is 0.252 e. The van der Waals surface area contributed by atoms with Crippen LogP contribution in [0.15, 0.2) is 50.6 Å². The molecule has 0 unspecified atom stereocenters. The fourth-order valence-electron chi connectivity index (χ4n) is 3.05. The standard InChI is InChI=1S/C24H36N2O4/c1-5-21(27)25(22(28)6-2)19-17-15-13-11-9-10-12-14-16-18-20-26(23(29)7-3)24(30)8-4/h5-8H,1-4,9-20H2. The summed E-state index contributed by atoms with van der Waals surface area (Å²) in [6.45, 7) is 14.5. The molecule has 0 heterocycles. The Labute approximate surface area is 181 Å². The lowest BCUT2D eigenvalue weighted by Crippen LogP contribution is -2.35. The SMILES string of the molecule is C=CC(=O)N(CCCCCCCCCCCCN(C(=O)C=C)C(=O)C=C)C(=O)C=C. The van der Waals surface area contributed by atoms with Crippen molar-refractivity contribution in [2.24, 2.45) is 0 Å². The van der Waals surface area contributed by atoms with Crippen molar-refractivity contribution >= 4 is 23.6 Å². The lowest BCUT2D eigenvalue weighted by molar-refractivity contribution is -0.140. The molecule has 0 aromatic rings. The van der Waals surface area contributed by atoms with Crippen molar-refractivity contribution in [1.29, 1.82) is 0 Å². The van der Waals surface area contributed by atoms with Gasteiger partial charge in [-0.1, -0.05) is 77.7 Å².